The van der Waals surface area contributed by atoms with Gasteiger partial charge in [-0.2, -0.15) is 0 Å². The Morgan fingerprint density at radius 3 is 2.55 bits per heavy atom. The molecule has 2 rings (SSSR count). The summed E-state index contributed by atoms with van der Waals surface area (Å²) in [7, 11) is 0. The molecule has 0 aliphatic carbocycles. The van der Waals surface area contributed by atoms with Gasteiger partial charge in [-0.15, -0.1) is 0 Å². The Morgan fingerprint density at radius 1 is 1.14 bits per heavy atom. The van der Waals surface area contributed by atoms with E-state index in [9.17, 15) is 4.79 Å². The zero-order valence-electron chi connectivity index (χ0n) is 12.9. The molecule has 0 heterocycles. The zero-order chi connectivity index (χ0) is 15.9. The third-order valence-electron chi connectivity index (χ3n) is 3.12. The van der Waals surface area contributed by atoms with E-state index in [0.717, 1.165) is 27.0 Å². The van der Waals surface area contributed by atoms with Crippen LogP contribution in [0.1, 0.15) is 24.0 Å². The topological polar surface area (TPSA) is 38.3 Å². The van der Waals surface area contributed by atoms with E-state index >= 15 is 0 Å². The van der Waals surface area contributed by atoms with Gasteiger partial charge >= 0.3 is 0 Å². The van der Waals surface area contributed by atoms with Gasteiger partial charge in [0.1, 0.15) is 5.75 Å². The average molecular weight is 362 g/mol. The number of aryl methyl sites for hydroxylation is 2. The number of hydrogen-bond donors (Lipinski definition) is 1. The Kier molecular flexibility index (Phi) is 6.01. The first kappa shape index (κ1) is 16.6. The van der Waals surface area contributed by atoms with Crippen LogP contribution >= 0.6 is 15.9 Å². The Morgan fingerprint density at radius 2 is 1.86 bits per heavy atom. The molecule has 0 aliphatic heterocycles. The van der Waals surface area contributed by atoms with Crippen LogP contribution in [0.3, 0.4) is 0 Å². The summed E-state index contributed by atoms with van der Waals surface area (Å²) in [5.74, 6) is 0.826. The molecule has 116 valence electrons. The molecular weight excluding hydrogens is 342 g/mol. The molecule has 0 unspecified atom stereocenters. The summed E-state index contributed by atoms with van der Waals surface area (Å²) in [6.07, 6.45) is 1.13. The van der Waals surface area contributed by atoms with Crippen molar-refractivity contribution in [2.24, 2.45) is 0 Å². The molecule has 2 aromatic carbocycles. The number of rotatable bonds is 6. The van der Waals surface area contributed by atoms with E-state index in [2.05, 4.69) is 27.3 Å². The van der Waals surface area contributed by atoms with Crippen molar-refractivity contribution >= 4 is 27.5 Å². The van der Waals surface area contributed by atoms with Crippen LogP contribution in [0.25, 0.3) is 0 Å². The fourth-order valence-electron chi connectivity index (χ4n) is 2.25. The highest BCUT2D eigenvalue weighted by atomic mass is 79.9. The average Bonchev–Trinajstić information content (AvgIpc) is 2.42. The van der Waals surface area contributed by atoms with Crippen LogP contribution in [-0.2, 0) is 4.79 Å². The van der Waals surface area contributed by atoms with Gasteiger partial charge in [0, 0.05) is 16.6 Å². The van der Waals surface area contributed by atoms with Gasteiger partial charge < -0.3 is 10.1 Å². The fourth-order valence-corrected chi connectivity index (χ4v) is 2.63. The Bertz CT molecular complexity index is 635. The van der Waals surface area contributed by atoms with Crippen molar-refractivity contribution in [2.75, 3.05) is 11.9 Å². The lowest BCUT2D eigenvalue weighted by atomic mass is 10.1. The molecule has 1 amide bonds. The number of amides is 1. The predicted molar refractivity (Wildman–Crippen MR) is 93.4 cm³/mol. The van der Waals surface area contributed by atoms with Crippen molar-refractivity contribution < 1.29 is 9.53 Å². The maximum absolute atomic E-state index is 11.9. The first-order valence-electron chi connectivity index (χ1n) is 7.29. The van der Waals surface area contributed by atoms with Crippen molar-refractivity contribution in [1.82, 2.24) is 0 Å². The number of hydrogen-bond acceptors (Lipinski definition) is 2. The molecule has 0 atom stereocenters. The Balaban J connectivity index is 1.74. The normalized spacial score (nSPS) is 10.3. The largest absolute Gasteiger partial charge is 0.494 e. The van der Waals surface area contributed by atoms with E-state index in [4.69, 9.17) is 4.74 Å². The minimum absolute atomic E-state index is 0.0165. The summed E-state index contributed by atoms with van der Waals surface area (Å²) in [6, 6.07) is 13.7. The summed E-state index contributed by atoms with van der Waals surface area (Å²) in [4.78, 5) is 11.9. The number of nitrogens with one attached hydrogen (secondary N) is 1. The monoisotopic (exact) mass is 361 g/mol. The summed E-state index contributed by atoms with van der Waals surface area (Å²) in [5, 5.41) is 2.93. The van der Waals surface area contributed by atoms with Crippen LogP contribution in [0.15, 0.2) is 46.9 Å². The third-order valence-corrected chi connectivity index (χ3v) is 3.61. The Labute approximate surface area is 139 Å². The van der Waals surface area contributed by atoms with Gasteiger partial charge in [0.15, 0.2) is 0 Å². The lowest BCUT2D eigenvalue weighted by Crippen LogP contribution is -2.13. The number of carbonyl (C=O) groups is 1. The van der Waals surface area contributed by atoms with E-state index in [1.807, 2.05) is 50.2 Å². The molecule has 0 fully saturated rings. The molecule has 0 aromatic heterocycles. The number of halogens is 1. The molecule has 0 saturated carbocycles. The summed E-state index contributed by atoms with van der Waals surface area (Å²) in [5.41, 5.74) is 3.15. The van der Waals surface area contributed by atoms with Gasteiger partial charge in [0.05, 0.1) is 6.61 Å². The smallest absolute Gasteiger partial charge is 0.224 e. The maximum Gasteiger partial charge on any atom is 0.224 e. The van der Waals surface area contributed by atoms with Crippen molar-refractivity contribution in [1.29, 1.82) is 0 Å². The van der Waals surface area contributed by atoms with Crippen LogP contribution in [0, 0.1) is 13.8 Å². The number of anilines is 1. The van der Waals surface area contributed by atoms with Crippen LogP contribution < -0.4 is 10.1 Å². The van der Waals surface area contributed by atoms with Crippen molar-refractivity contribution in [3.8, 4) is 5.75 Å². The van der Waals surface area contributed by atoms with E-state index < -0.39 is 0 Å². The van der Waals surface area contributed by atoms with E-state index in [1.54, 1.807) is 0 Å². The highest BCUT2D eigenvalue weighted by Gasteiger charge is 2.04. The van der Waals surface area contributed by atoms with Gasteiger partial charge in [0.25, 0.3) is 0 Å². The minimum Gasteiger partial charge on any atom is -0.494 e. The standard InChI is InChI=1S/C18H20BrNO2/c1-13-9-14(2)11-16(10-13)20-18(21)7-4-8-22-17-6-3-5-15(19)12-17/h3,5-6,9-12H,4,7-8H2,1-2H3,(H,20,21). The number of ether oxygens (including phenoxy) is 1. The molecule has 0 spiro atoms. The van der Waals surface area contributed by atoms with E-state index in [0.29, 0.717) is 19.4 Å². The lowest BCUT2D eigenvalue weighted by Gasteiger charge is -2.08. The van der Waals surface area contributed by atoms with Crippen LogP contribution in [0.5, 0.6) is 5.75 Å². The second kappa shape index (κ2) is 7.99. The van der Waals surface area contributed by atoms with Crippen molar-refractivity contribution in [3.63, 3.8) is 0 Å². The SMILES string of the molecule is Cc1cc(C)cc(NC(=O)CCCOc2cccc(Br)c2)c1. The Hall–Kier alpha value is -1.81. The van der Waals surface area contributed by atoms with Crippen LogP contribution in [0.2, 0.25) is 0 Å². The van der Waals surface area contributed by atoms with Gasteiger partial charge in [-0.3, -0.25) is 4.79 Å². The molecule has 0 saturated heterocycles. The summed E-state index contributed by atoms with van der Waals surface area (Å²) < 4.78 is 6.60. The van der Waals surface area contributed by atoms with Gasteiger partial charge in [-0.1, -0.05) is 28.1 Å². The molecule has 2 aromatic rings. The van der Waals surface area contributed by atoms with Gasteiger partial charge in [-0.05, 0) is 61.7 Å². The first-order chi connectivity index (χ1) is 10.5. The molecule has 22 heavy (non-hydrogen) atoms. The second-order valence-electron chi connectivity index (χ2n) is 5.33. The summed E-state index contributed by atoms with van der Waals surface area (Å²) >= 11 is 3.40. The quantitative estimate of drug-likeness (QED) is 0.745. The molecule has 0 bridgehead atoms. The maximum atomic E-state index is 11.9. The highest BCUT2D eigenvalue weighted by molar-refractivity contribution is 9.10. The predicted octanol–water partition coefficient (Wildman–Crippen LogP) is 4.86. The molecule has 3 nitrogen and oxygen atoms in total. The van der Waals surface area contributed by atoms with E-state index in [-0.39, 0.29) is 5.91 Å². The fraction of sp³-hybridized carbons (Fsp3) is 0.278. The molecule has 0 aliphatic rings. The molecule has 0 radical (unpaired) electrons. The van der Waals surface area contributed by atoms with E-state index in [1.165, 1.54) is 0 Å². The van der Waals surface area contributed by atoms with Gasteiger partial charge in [-0.25, -0.2) is 0 Å². The molecule has 1 N–H and O–H groups in total. The van der Waals surface area contributed by atoms with Crippen molar-refractivity contribution in [3.05, 3.63) is 58.1 Å². The van der Waals surface area contributed by atoms with Crippen LogP contribution in [-0.4, -0.2) is 12.5 Å². The molecule has 4 heteroatoms. The minimum atomic E-state index is 0.0165. The summed E-state index contributed by atoms with van der Waals surface area (Å²) in [6.45, 7) is 4.57. The number of carbonyl (C=O) groups excluding carboxylic acids is 1. The van der Waals surface area contributed by atoms with Crippen molar-refractivity contribution in [2.45, 2.75) is 26.7 Å². The third kappa shape index (κ3) is 5.53. The first-order valence-corrected chi connectivity index (χ1v) is 8.09. The second-order valence-corrected chi connectivity index (χ2v) is 6.25. The lowest BCUT2D eigenvalue weighted by molar-refractivity contribution is -0.116. The van der Waals surface area contributed by atoms with Gasteiger partial charge in [0.2, 0.25) is 5.91 Å². The molecular formula is C18H20BrNO2. The number of benzene rings is 2. The zero-order valence-corrected chi connectivity index (χ0v) is 14.4. The highest BCUT2D eigenvalue weighted by Crippen LogP contribution is 2.18. The van der Waals surface area contributed by atoms with Crippen LogP contribution in [0.4, 0.5) is 5.69 Å².